The van der Waals surface area contributed by atoms with Gasteiger partial charge in [0.15, 0.2) is 0 Å². The standard InChI is InChI=1S/C29H26F3N3O3/c1-34-25-16-23(11-9-21(25)18-35(28(34)37)17-19-6-3-2-4-7-19)33-27(36)14-20-8-5-13-38-26-15-22(29(30,31)32)10-12-24(20)26/h2-4,6-7,9-12,14-16H,5,8,13,17-18H2,1H3,(H,33,36)/b20-14+. The second-order valence-corrected chi connectivity index (χ2v) is 9.35. The number of hydrogen-bond donors (Lipinski definition) is 1. The molecule has 38 heavy (non-hydrogen) atoms. The minimum Gasteiger partial charge on any atom is -0.493 e. The van der Waals surface area contributed by atoms with E-state index in [1.54, 1.807) is 29.0 Å². The van der Waals surface area contributed by atoms with Crippen molar-refractivity contribution in [3.05, 3.63) is 95.1 Å². The number of benzene rings is 3. The summed E-state index contributed by atoms with van der Waals surface area (Å²) in [5, 5.41) is 2.82. The van der Waals surface area contributed by atoms with Gasteiger partial charge in [-0.15, -0.1) is 0 Å². The lowest BCUT2D eigenvalue weighted by molar-refractivity contribution is -0.137. The number of anilines is 2. The molecule has 0 saturated heterocycles. The largest absolute Gasteiger partial charge is 0.493 e. The molecule has 3 aromatic rings. The summed E-state index contributed by atoms with van der Waals surface area (Å²) in [4.78, 5) is 29.2. The fraction of sp³-hybridized carbons (Fsp3) is 0.241. The molecule has 5 rings (SSSR count). The average Bonchev–Trinajstić information content (AvgIpc) is 3.09. The number of allylic oxidation sites excluding steroid dienone is 1. The van der Waals surface area contributed by atoms with E-state index in [0.717, 1.165) is 23.3 Å². The monoisotopic (exact) mass is 521 g/mol. The fourth-order valence-corrected chi connectivity index (χ4v) is 4.75. The molecule has 2 aliphatic heterocycles. The van der Waals surface area contributed by atoms with Gasteiger partial charge < -0.3 is 15.0 Å². The van der Waals surface area contributed by atoms with E-state index in [1.165, 1.54) is 12.1 Å². The van der Waals surface area contributed by atoms with Crippen LogP contribution < -0.4 is 15.0 Å². The Bertz CT molecular complexity index is 1400. The Morgan fingerprint density at radius 3 is 2.63 bits per heavy atom. The smallest absolute Gasteiger partial charge is 0.416 e. The number of rotatable bonds is 4. The van der Waals surface area contributed by atoms with Gasteiger partial charge in [0.25, 0.3) is 0 Å². The summed E-state index contributed by atoms with van der Waals surface area (Å²) in [6.07, 6.45) is -2.02. The van der Waals surface area contributed by atoms with Gasteiger partial charge in [0, 0.05) is 37.5 Å². The Labute approximate surface area is 218 Å². The fourth-order valence-electron chi connectivity index (χ4n) is 4.75. The van der Waals surface area contributed by atoms with E-state index in [1.807, 2.05) is 36.4 Å². The van der Waals surface area contributed by atoms with E-state index >= 15 is 0 Å². The lowest BCUT2D eigenvalue weighted by Crippen LogP contribution is -2.44. The number of carbonyl (C=O) groups excluding carboxylic acids is 2. The molecule has 0 spiro atoms. The Hall–Kier alpha value is -4.27. The molecule has 6 nitrogen and oxygen atoms in total. The Kier molecular flexibility index (Phi) is 6.84. The highest BCUT2D eigenvalue weighted by atomic mass is 19.4. The maximum absolute atomic E-state index is 13.1. The highest BCUT2D eigenvalue weighted by molar-refractivity contribution is 6.05. The average molecular weight is 522 g/mol. The van der Waals surface area contributed by atoms with Crippen LogP contribution >= 0.6 is 0 Å². The van der Waals surface area contributed by atoms with Gasteiger partial charge in [0.1, 0.15) is 5.75 Å². The van der Waals surface area contributed by atoms with Crippen molar-refractivity contribution in [1.82, 2.24) is 4.90 Å². The first-order valence-electron chi connectivity index (χ1n) is 12.2. The summed E-state index contributed by atoms with van der Waals surface area (Å²) in [6.45, 7) is 1.20. The SMILES string of the molecule is CN1C(=O)N(Cc2ccccc2)Cc2ccc(NC(=O)/C=C3\CCCOc4cc(C(F)(F)F)ccc43)cc21. The molecule has 0 bridgehead atoms. The van der Waals surface area contributed by atoms with Crippen molar-refractivity contribution < 1.29 is 27.5 Å². The predicted molar refractivity (Wildman–Crippen MR) is 139 cm³/mol. The first-order valence-corrected chi connectivity index (χ1v) is 12.2. The van der Waals surface area contributed by atoms with E-state index in [2.05, 4.69) is 5.32 Å². The van der Waals surface area contributed by atoms with E-state index in [-0.39, 0.29) is 18.4 Å². The molecule has 0 aliphatic carbocycles. The molecule has 1 N–H and O–H groups in total. The van der Waals surface area contributed by atoms with Gasteiger partial charge >= 0.3 is 12.2 Å². The number of alkyl halides is 3. The van der Waals surface area contributed by atoms with Gasteiger partial charge in [-0.1, -0.05) is 42.5 Å². The van der Waals surface area contributed by atoms with Crippen LogP contribution in [0.15, 0.2) is 72.8 Å². The molecule has 0 unspecified atom stereocenters. The maximum Gasteiger partial charge on any atom is 0.416 e. The normalized spacial score (nSPS) is 16.4. The molecule has 0 atom stereocenters. The van der Waals surface area contributed by atoms with E-state index in [0.29, 0.717) is 48.4 Å². The molecule has 3 amide bonds. The Morgan fingerprint density at radius 2 is 1.87 bits per heavy atom. The van der Waals surface area contributed by atoms with Crippen molar-refractivity contribution in [3.8, 4) is 5.75 Å². The van der Waals surface area contributed by atoms with Crippen LogP contribution in [-0.2, 0) is 24.1 Å². The summed E-state index contributed by atoms with van der Waals surface area (Å²) < 4.78 is 44.9. The van der Waals surface area contributed by atoms with E-state index < -0.39 is 17.6 Å². The molecule has 3 aromatic carbocycles. The molecular weight excluding hydrogens is 495 g/mol. The second kappa shape index (κ2) is 10.2. The maximum atomic E-state index is 13.1. The predicted octanol–water partition coefficient (Wildman–Crippen LogP) is 6.47. The summed E-state index contributed by atoms with van der Waals surface area (Å²) in [5.41, 5.74) is 3.49. The van der Waals surface area contributed by atoms with Gasteiger partial charge in [-0.2, -0.15) is 13.2 Å². The van der Waals surface area contributed by atoms with Crippen LogP contribution in [0.4, 0.5) is 29.3 Å². The van der Waals surface area contributed by atoms with Crippen LogP contribution in [0.1, 0.15) is 35.1 Å². The lowest BCUT2D eigenvalue weighted by Gasteiger charge is -2.35. The Balaban J connectivity index is 1.33. The first kappa shape index (κ1) is 25.4. The highest BCUT2D eigenvalue weighted by Gasteiger charge is 2.32. The quantitative estimate of drug-likeness (QED) is 0.400. The number of fused-ring (bicyclic) bond motifs is 2. The third kappa shape index (κ3) is 5.37. The van der Waals surface area contributed by atoms with Crippen molar-refractivity contribution >= 4 is 28.9 Å². The summed E-state index contributed by atoms with van der Waals surface area (Å²) in [5.74, 6) is -0.298. The molecule has 2 heterocycles. The number of nitrogens with zero attached hydrogens (tertiary/aromatic N) is 2. The van der Waals surface area contributed by atoms with E-state index in [4.69, 9.17) is 4.74 Å². The van der Waals surface area contributed by atoms with Gasteiger partial charge in [0.05, 0.1) is 17.9 Å². The third-order valence-corrected chi connectivity index (χ3v) is 6.66. The second-order valence-electron chi connectivity index (χ2n) is 9.35. The number of amides is 3. The topological polar surface area (TPSA) is 61.9 Å². The van der Waals surface area contributed by atoms with Crippen LogP contribution in [0.5, 0.6) is 5.75 Å². The molecule has 0 fully saturated rings. The molecule has 0 saturated carbocycles. The Morgan fingerprint density at radius 1 is 1.08 bits per heavy atom. The first-order chi connectivity index (χ1) is 18.2. The highest BCUT2D eigenvalue weighted by Crippen LogP contribution is 2.38. The van der Waals surface area contributed by atoms with Crippen molar-refractivity contribution in [2.24, 2.45) is 0 Å². The molecular formula is C29H26F3N3O3. The number of carbonyl (C=O) groups is 2. The van der Waals surface area contributed by atoms with Crippen LogP contribution in [0.3, 0.4) is 0 Å². The van der Waals surface area contributed by atoms with Crippen LogP contribution in [-0.4, -0.2) is 30.5 Å². The molecule has 0 aromatic heterocycles. The van der Waals surface area contributed by atoms with Gasteiger partial charge in [-0.25, -0.2) is 4.79 Å². The van der Waals surface area contributed by atoms with Crippen LogP contribution in [0.2, 0.25) is 0 Å². The molecule has 9 heteroatoms. The van der Waals surface area contributed by atoms with Crippen LogP contribution in [0.25, 0.3) is 5.57 Å². The van der Waals surface area contributed by atoms with Gasteiger partial charge in [0.2, 0.25) is 5.91 Å². The van der Waals surface area contributed by atoms with Crippen molar-refractivity contribution in [2.75, 3.05) is 23.9 Å². The minimum absolute atomic E-state index is 0.116. The van der Waals surface area contributed by atoms with Crippen molar-refractivity contribution in [2.45, 2.75) is 32.1 Å². The third-order valence-electron chi connectivity index (χ3n) is 6.66. The lowest BCUT2D eigenvalue weighted by atomic mass is 9.99. The summed E-state index contributed by atoms with van der Waals surface area (Å²) in [6, 6.07) is 18.4. The molecule has 0 radical (unpaired) electrons. The van der Waals surface area contributed by atoms with E-state index in [9.17, 15) is 22.8 Å². The molecule has 196 valence electrons. The zero-order valence-electron chi connectivity index (χ0n) is 20.7. The number of urea groups is 1. The van der Waals surface area contributed by atoms with Crippen molar-refractivity contribution in [1.29, 1.82) is 0 Å². The molecule has 2 aliphatic rings. The van der Waals surface area contributed by atoms with Crippen LogP contribution in [0, 0.1) is 0 Å². The van der Waals surface area contributed by atoms with Crippen molar-refractivity contribution in [3.63, 3.8) is 0 Å². The van der Waals surface area contributed by atoms with Gasteiger partial charge in [-0.05, 0) is 53.8 Å². The zero-order valence-corrected chi connectivity index (χ0v) is 20.7. The number of hydrogen-bond acceptors (Lipinski definition) is 3. The minimum atomic E-state index is -4.48. The number of ether oxygens (including phenoxy) is 1. The summed E-state index contributed by atoms with van der Waals surface area (Å²) in [7, 11) is 1.70. The number of nitrogens with one attached hydrogen (secondary N) is 1. The summed E-state index contributed by atoms with van der Waals surface area (Å²) >= 11 is 0. The van der Waals surface area contributed by atoms with Gasteiger partial charge in [-0.3, -0.25) is 9.69 Å². The zero-order chi connectivity index (χ0) is 26.9. The number of halogens is 3.